The van der Waals surface area contributed by atoms with Crippen LogP contribution in [0.2, 0.25) is 0 Å². The molecule has 0 unspecified atom stereocenters. The summed E-state index contributed by atoms with van der Waals surface area (Å²) in [6.45, 7) is 11.2. The molecule has 0 saturated carbocycles. The summed E-state index contributed by atoms with van der Waals surface area (Å²) in [6, 6.07) is 0.694. The molecule has 10 heavy (non-hydrogen) atoms. The van der Waals surface area contributed by atoms with E-state index in [9.17, 15) is 0 Å². The van der Waals surface area contributed by atoms with E-state index in [-0.39, 0.29) is 0 Å². The highest BCUT2D eigenvalue weighted by atomic mass is 15.2. The Kier molecular flexibility index (Phi) is 3.37. The lowest BCUT2D eigenvalue weighted by molar-refractivity contribution is 0.123. The zero-order valence-electron chi connectivity index (χ0n) is 8.23. The van der Waals surface area contributed by atoms with Crippen LogP contribution in [0.1, 0.15) is 41.0 Å². The van der Waals surface area contributed by atoms with E-state index in [1.54, 1.807) is 0 Å². The lowest BCUT2D eigenvalue weighted by Crippen LogP contribution is -2.43. The number of hydrogen-bond donors (Lipinski definition) is 0. The van der Waals surface area contributed by atoms with Crippen LogP contribution in [0.25, 0.3) is 0 Å². The van der Waals surface area contributed by atoms with Crippen molar-refractivity contribution >= 4 is 0 Å². The van der Waals surface area contributed by atoms with Gasteiger partial charge in [-0.25, -0.2) is 0 Å². The zero-order chi connectivity index (χ0) is 8.36. The molecule has 0 radical (unpaired) electrons. The third-order valence-corrected chi connectivity index (χ3v) is 2.31. The van der Waals surface area contributed by atoms with Crippen LogP contribution in [0.4, 0.5) is 0 Å². The minimum Gasteiger partial charge on any atom is -0.299 e. The van der Waals surface area contributed by atoms with Gasteiger partial charge in [0.25, 0.3) is 0 Å². The van der Waals surface area contributed by atoms with Gasteiger partial charge in [-0.2, -0.15) is 0 Å². The van der Waals surface area contributed by atoms with Gasteiger partial charge in [0.15, 0.2) is 0 Å². The van der Waals surface area contributed by atoms with E-state index in [0.29, 0.717) is 11.6 Å². The van der Waals surface area contributed by atoms with Crippen molar-refractivity contribution in [1.82, 2.24) is 4.90 Å². The van der Waals surface area contributed by atoms with Crippen molar-refractivity contribution in [3.8, 4) is 0 Å². The van der Waals surface area contributed by atoms with Crippen molar-refractivity contribution in [2.24, 2.45) is 0 Å². The molecule has 1 heteroatoms. The van der Waals surface area contributed by atoms with Gasteiger partial charge in [0.2, 0.25) is 0 Å². The van der Waals surface area contributed by atoms with Gasteiger partial charge in [0.1, 0.15) is 0 Å². The van der Waals surface area contributed by atoms with E-state index in [1.807, 2.05) is 0 Å². The molecule has 0 saturated heterocycles. The van der Waals surface area contributed by atoms with Crippen LogP contribution in [0.15, 0.2) is 0 Å². The van der Waals surface area contributed by atoms with Crippen LogP contribution in [-0.2, 0) is 0 Å². The minimum atomic E-state index is 0.315. The van der Waals surface area contributed by atoms with E-state index < -0.39 is 0 Å². The Morgan fingerprint density at radius 3 is 1.80 bits per heavy atom. The summed E-state index contributed by atoms with van der Waals surface area (Å²) in [5, 5.41) is 0. The molecular weight excluding hydrogens is 122 g/mol. The van der Waals surface area contributed by atoms with Crippen LogP contribution in [0.5, 0.6) is 0 Å². The quantitative estimate of drug-likeness (QED) is 0.574. The molecule has 0 aliphatic rings. The number of hydrogen-bond acceptors (Lipinski definition) is 1. The molecule has 0 aliphatic carbocycles. The SMILES string of the molecule is CC[C@@H](C)N(C)C(C)(C)C. The molecule has 0 aromatic carbocycles. The van der Waals surface area contributed by atoms with E-state index in [1.165, 1.54) is 6.42 Å². The van der Waals surface area contributed by atoms with Gasteiger partial charge in [-0.1, -0.05) is 6.92 Å². The van der Waals surface area contributed by atoms with Crippen LogP contribution in [0.3, 0.4) is 0 Å². The van der Waals surface area contributed by atoms with Crippen molar-refractivity contribution in [3.63, 3.8) is 0 Å². The first-order chi connectivity index (χ1) is 4.39. The fourth-order valence-corrected chi connectivity index (χ4v) is 0.935. The van der Waals surface area contributed by atoms with E-state index >= 15 is 0 Å². The molecule has 0 aliphatic heterocycles. The van der Waals surface area contributed by atoms with Crippen LogP contribution >= 0.6 is 0 Å². The zero-order valence-corrected chi connectivity index (χ0v) is 8.23. The molecule has 1 atom stereocenters. The maximum atomic E-state index is 2.41. The fourth-order valence-electron chi connectivity index (χ4n) is 0.935. The first-order valence-electron chi connectivity index (χ1n) is 4.12. The Hall–Kier alpha value is -0.0400. The number of nitrogens with zero attached hydrogens (tertiary/aromatic N) is 1. The third-order valence-electron chi connectivity index (χ3n) is 2.31. The average molecular weight is 143 g/mol. The maximum absolute atomic E-state index is 2.41. The highest BCUT2D eigenvalue weighted by Gasteiger charge is 2.20. The van der Waals surface area contributed by atoms with Crippen LogP contribution < -0.4 is 0 Å². The average Bonchev–Trinajstić information content (AvgIpc) is 1.83. The van der Waals surface area contributed by atoms with Gasteiger partial charge in [-0.05, 0) is 41.2 Å². The van der Waals surface area contributed by atoms with E-state index in [2.05, 4.69) is 46.6 Å². The molecule has 62 valence electrons. The molecule has 0 bridgehead atoms. The smallest absolute Gasteiger partial charge is 0.0124 e. The van der Waals surface area contributed by atoms with Crippen molar-refractivity contribution in [3.05, 3.63) is 0 Å². The largest absolute Gasteiger partial charge is 0.299 e. The number of rotatable bonds is 2. The standard InChI is InChI=1S/C9H21N/c1-7-8(2)10(6)9(3,4)5/h8H,7H2,1-6H3/t8-/m1/s1. The highest BCUT2D eigenvalue weighted by Crippen LogP contribution is 2.15. The molecule has 0 fully saturated rings. The molecule has 0 heterocycles. The third kappa shape index (κ3) is 2.70. The van der Waals surface area contributed by atoms with Gasteiger partial charge >= 0.3 is 0 Å². The topological polar surface area (TPSA) is 3.24 Å². The predicted octanol–water partition coefficient (Wildman–Crippen LogP) is 2.52. The Bertz CT molecular complexity index is 91.4. The Morgan fingerprint density at radius 1 is 1.30 bits per heavy atom. The van der Waals surface area contributed by atoms with E-state index in [4.69, 9.17) is 0 Å². The lowest BCUT2D eigenvalue weighted by atomic mass is 10.0. The Morgan fingerprint density at radius 2 is 1.70 bits per heavy atom. The van der Waals surface area contributed by atoms with Gasteiger partial charge in [0.05, 0.1) is 0 Å². The monoisotopic (exact) mass is 143 g/mol. The molecule has 0 aromatic heterocycles. The van der Waals surface area contributed by atoms with Crippen molar-refractivity contribution < 1.29 is 0 Å². The summed E-state index contributed by atoms with van der Waals surface area (Å²) in [4.78, 5) is 2.41. The van der Waals surface area contributed by atoms with Gasteiger partial charge in [0, 0.05) is 11.6 Å². The minimum absolute atomic E-state index is 0.315. The van der Waals surface area contributed by atoms with E-state index in [0.717, 1.165) is 0 Å². The second-order valence-electron chi connectivity index (χ2n) is 4.04. The van der Waals surface area contributed by atoms with Gasteiger partial charge in [-0.15, -0.1) is 0 Å². The second-order valence-corrected chi connectivity index (χ2v) is 4.04. The summed E-state index contributed by atoms with van der Waals surface area (Å²) < 4.78 is 0. The molecule has 1 nitrogen and oxygen atoms in total. The molecule has 0 spiro atoms. The summed E-state index contributed by atoms with van der Waals surface area (Å²) in [6.07, 6.45) is 1.23. The summed E-state index contributed by atoms with van der Waals surface area (Å²) in [5.41, 5.74) is 0.315. The molecule has 0 rings (SSSR count). The normalized spacial score (nSPS) is 15.9. The maximum Gasteiger partial charge on any atom is 0.0124 e. The van der Waals surface area contributed by atoms with Gasteiger partial charge < -0.3 is 0 Å². The highest BCUT2D eigenvalue weighted by molar-refractivity contribution is 4.76. The van der Waals surface area contributed by atoms with Crippen molar-refractivity contribution in [2.45, 2.75) is 52.6 Å². The first kappa shape index (κ1) is 9.96. The molecular formula is C9H21N. The van der Waals surface area contributed by atoms with Crippen LogP contribution in [0, 0.1) is 0 Å². The van der Waals surface area contributed by atoms with Crippen molar-refractivity contribution in [1.29, 1.82) is 0 Å². The van der Waals surface area contributed by atoms with Gasteiger partial charge in [-0.3, -0.25) is 4.90 Å². The summed E-state index contributed by atoms with van der Waals surface area (Å²) >= 11 is 0. The van der Waals surface area contributed by atoms with Crippen molar-refractivity contribution in [2.75, 3.05) is 7.05 Å². The summed E-state index contributed by atoms with van der Waals surface area (Å²) in [7, 11) is 2.19. The molecule has 0 N–H and O–H groups in total. The fraction of sp³-hybridized carbons (Fsp3) is 1.00. The molecule has 0 amide bonds. The molecule has 0 aromatic rings. The second kappa shape index (κ2) is 3.38. The first-order valence-corrected chi connectivity index (χ1v) is 4.12. The Balaban J connectivity index is 3.94. The lowest BCUT2D eigenvalue weighted by Gasteiger charge is -2.36. The predicted molar refractivity (Wildman–Crippen MR) is 47.3 cm³/mol. The summed E-state index contributed by atoms with van der Waals surface area (Å²) in [5.74, 6) is 0. The Labute approximate surface area is 65.4 Å². The van der Waals surface area contributed by atoms with Crippen LogP contribution in [-0.4, -0.2) is 23.5 Å².